The first-order valence-corrected chi connectivity index (χ1v) is 6.17. The van der Waals surface area contributed by atoms with Crippen LogP contribution in [0.3, 0.4) is 0 Å². The second kappa shape index (κ2) is 5.84. The molecule has 0 aromatic heterocycles. The summed E-state index contributed by atoms with van der Waals surface area (Å²) >= 11 is 0. The highest BCUT2D eigenvalue weighted by atomic mass is 16.6. The molecule has 5 nitrogen and oxygen atoms in total. The number of carbonyl (C=O) groups is 2. The number of hydrogen-bond donors (Lipinski definition) is 0. The lowest BCUT2D eigenvalue weighted by Gasteiger charge is -2.33. The number of esters is 1. The fourth-order valence-electron chi connectivity index (χ4n) is 2.06. The topological polar surface area (TPSA) is 55.8 Å². The van der Waals surface area contributed by atoms with Gasteiger partial charge in [0.15, 0.2) is 11.9 Å². The van der Waals surface area contributed by atoms with Gasteiger partial charge < -0.3 is 14.4 Å². The maximum Gasteiger partial charge on any atom is 0.336 e. The van der Waals surface area contributed by atoms with Gasteiger partial charge in [0.1, 0.15) is 0 Å². The molecule has 1 aliphatic heterocycles. The number of ketones is 1. The van der Waals surface area contributed by atoms with Crippen LogP contribution in [0.2, 0.25) is 0 Å². The molecule has 1 fully saturated rings. The van der Waals surface area contributed by atoms with Crippen LogP contribution >= 0.6 is 0 Å². The summed E-state index contributed by atoms with van der Waals surface area (Å²) in [6.07, 6.45) is -0.550. The van der Waals surface area contributed by atoms with Crippen molar-refractivity contribution in [2.24, 2.45) is 0 Å². The first-order chi connectivity index (χ1) is 9.11. The van der Waals surface area contributed by atoms with Crippen LogP contribution in [0.1, 0.15) is 17.3 Å². The average Bonchev–Trinajstić information content (AvgIpc) is 2.46. The molecule has 102 valence electrons. The van der Waals surface area contributed by atoms with E-state index in [0.29, 0.717) is 25.3 Å². The Balaban J connectivity index is 2.08. The van der Waals surface area contributed by atoms with Crippen molar-refractivity contribution in [1.82, 2.24) is 0 Å². The lowest BCUT2D eigenvalue weighted by atomic mass is 10.1. The second-order valence-corrected chi connectivity index (χ2v) is 4.43. The van der Waals surface area contributed by atoms with Crippen molar-refractivity contribution in [2.75, 3.05) is 31.7 Å². The zero-order valence-electron chi connectivity index (χ0n) is 11.1. The summed E-state index contributed by atoms with van der Waals surface area (Å²) in [7, 11) is 1.35. The number of Topliss-reactive ketones (excluding diaryl/α,β-unsaturated/α-hetero) is 1. The Labute approximate surface area is 112 Å². The lowest BCUT2D eigenvalue weighted by Crippen LogP contribution is -2.46. The van der Waals surface area contributed by atoms with Crippen LogP contribution in [0.5, 0.6) is 0 Å². The van der Waals surface area contributed by atoms with E-state index in [0.717, 1.165) is 5.69 Å². The maximum absolute atomic E-state index is 11.5. The van der Waals surface area contributed by atoms with Gasteiger partial charge in [0.05, 0.1) is 20.3 Å². The third-order valence-electron chi connectivity index (χ3n) is 3.17. The molecule has 0 spiro atoms. The zero-order chi connectivity index (χ0) is 13.8. The number of anilines is 1. The van der Waals surface area contributed by atoms with Crippen molar-refractivity contribution in [3.05, 3.63) is 29.8 Å². The molecule has 1 aromatic rings. The second-order valence-electron chi connectivity index (χ2n) is 4.43. The van der Waals surface area contributed by atoms with Gasteiger partial charge in [-0.3, -0.25) is 4.79 Å². The van der Waals surface area contributed by atoms with Crippen LogP contribution in [0, 0.1) is 0 Å². The highest BCUT2D eigenvalue weighted by molar-refractivity contribution is 5.94. The van der Waals surface area contributed by atoms with Crippen LogP contribution < -0.4 is 4.90 Å². The molecule has 19 heavy (non-hydrogen) atoms. The van der Waals surface area contributed by atoms with Gasteiger partial charge in [-0.05, 0) is 31.2 Å². The van der Waals surface area contributed by atoms with Gasteiger partial charge in [0.2, 0.25) is 0 Å². The minimum atomic E-state index is -0.550. The van der Waals surface area contributed by atoms with E-state index in [4.69, 9.17) is 4.74 Å². The molecule has 0 saturated carbocycles. The smallest absolute Gasteiger partial charge is 0.336 e. The minimum Gasteiger partial charge on any atom is -0.467 e. The van der Waals surface area contributed by atoms with E-state index in [1.54, 1.807) is 12.1 Å². The number of methoxy groups -OCH3 is 1. The number of morpholine rings is 1. The first kappa shape index (κ1) is 13.5. The van der Waals surface area contributed by atoms with E-state index in [1.807, 2.05) is 12.1 Å². The van der Waals surface area contributed by atoms with Crippen molar-refractivity contribution in [3.63, 3.8) is 0 Å². The van der Waals surface area contributed by atoms with E-state index in [1.165, 1.54) is 14.0 Å². The fraction of sp³-hybridized carbons (Fsp3) is 0.429. The number of hydrogen-bond acceptors (Lipinski definition) is 5. The molecule has 1 atom stereocenters. The number of nitrogens with zero attached hydrogens (tertiary/aromatic N) is 1. The number of benzene rings is 1. The van der Waals surface area contributed by atoms with Gasteiger partial charge in [-0.15, -0.1) is 0 Å². The molecule has 5 heteroatoms. The monoisotopic (exact) mass is 263 g/mol. The largest absolute Gasteiger partial charge is 0.467 e. The molecule has 1 heterocycles. The van der Waals surface area contributed by atoms with E-state index in [9.17, 15) is 9.59 Å². The van der Waals surface area contributed by atoms with Crippen molar-refractivity contribution < 1.29 is 19.1 Å². The molecule has 1 aliphatic rings. The highest BCUT2D eigenvalue weighted by Crippen LogP contribution is 2.19. The molecular weight excluding hydrogens is 246 g/mol. The van der Waals surface area contributed by atoms with Crippen LogP contribution in [-0.2, 0) is 14.3 Å². The fourth-order valence-corrected chi connectivity index (χ4v) is 2.06. The summed E-state index contributed by atoms with van der Waals surface area (Å²) in [5.41, 5.74) is 1.66. The van der Waals surface area contributed by atoms with Crippen molar-refractivity contribution >= 4 is 17.4 Å². The Morgan fingerprint density at radius 2 is 2.00 bits per heavy atom. The summed E-state index contributed by atoms with van der Waals surface area (Å²) in [4.78, 5) is 24.7. The van der Waals surface area contributed by atoms with Gasteiger partial charge in [0, 0.05) is 17.8 Å². The summed E-state index contributed by atoms with van der Waals surface area (Å²) in [5.74, 6) is -0.314. The number of rotatable bonds is 3. The molecule has 1 saturated heterocycles. The van der Waals surface area contributed by atoms with Gasteiger partial charge >= 0.3 is 5.97 Å². The average molecular weight is 263 g/mol. The van der Waals surface area contributed by atoms with Crippen molar-refractivity contribution in [1.29, 1.82) is 0 Å². The number of carbonyl (C=O) groups excluding carboxylic acids is 2. The molecule has 0 radical (unpaired) electrons. The Bertz CT molecular complexity index is 469. The SMILES string of the molecule is COC(=O)C1CN(c2ccc(C(C)=O)cc2)CCO1. The quantitative estimate of drug-likeness (QED) is 0.607. The van der Waals surface area contributed by atoms with E-state index in [2.05, 4.69) is 9.64 Å². The van der Waals surface area contributed by atoms with Gasteiger partial charge in [0.25, 0.3) is 0 Å². The Morgan fingerprint density at radius 3 is 2.58 bits per heavy atom. The third kappa shape index (κ3) is 3.12. The summed E-state index contributed by atoms with van der Waals surface area (Å²) in [6.45, 7) is 3.20. The Hall–Kier alpha value is -1.88. The molecule has 0 amide bonds. The Kier molecular flexibility index (Phi) is 4.16. The summed E-state index contributed by atoms with van der Waals surface area (Å²) < 4.78 is 10.1. The summed E-state index contributed by atoms with van der Waals surface area (Å²) in [5, 5.41) is 0. The van der Waals surface area contributed by atoms with Crippen molar-refractivity contribution in [3.8, 4) is 0 Å². The predicted molar refractivity (Wildman–Crippen MR) is 70.4 cm³/mol. The minimum absolute atomic E-state index is 0.0426. The molecule has 0 bridgehead atoms. The van der Waals surface area contributed by atoms with Crippen LogP contribution in [0.15, 0.2) is 24.3 Å². The maximum atomic E-state index is 11.5. The lowest BCUT2D eigenvalue weighted by molar-refractivity contribution is -0.154. The molecule has 1 unspecified atom stereocenters. The van der Waals surface area contributed by atoms with Gasteiger partial charge in [-0.25, -0.2) is 4.79 Å². The van der Waals surface area contributed by atoms with Crippen LogP contribution in [0.4, 0.5) is 5.69 Å². The zero-order valence-corrected chi connectivity index (χ0v) is 11.1. The van der Waals surface area contributed by atoms with Crippen LogP contribution in [-0.4, -0.2) is 44.7 Å². The van der Waals surface area contributed by atoms with E-state index >= 15 is 0 Å². The standard InChI is InChI=1S/C14H17NO4/c1-10(16)11-3-5-12(6-4-11)15-7-8-19-13(9-15)14(17)18-2/h3-6,13H,7-9H2,1-2H3. The van der Waals surface area contributed by atoms with Gasteiger partial charge in [-0.1, -0.05) is 0 Å². The Morgan fingerprint density at radius 1 is 1.32 bits per heavy atom. The molecule has 1 aromatic carbocycles. The summed E-state index contributed by atoms with van der Waals surface area (Å²) in [6, 6.07) is 7.35. The van der Waals surface area contributed by atoms with Crippen LogP contribution in [0.25, 0.3) is 0 Å². The highest BCUT2D eigenvalue weighted by Gasteiger charge is 2.27. The van der Waals surface area contributed by atoms with E-state index < -0.39 is 6.10 Å². The molecule has 0 aliphatic carbocycles. The molecular formula is C14H17NO4. The third-order valence-corrected chi connectivity index (χ3v) is 3.17. The molecule has 2 rings (SSSR count). The van der Waals surface area contributed by atoms with Gasteiger partial charge in [-0.2, -0.15) is 0 Å². The predicted octanol–water partition coefficient (Wildman–Crippen LogP) is 1.27. The normalized spacial score (nSPS) is 19.1. The van der Waals surface area contributed by atoms with E-state index in [-0.39, 0.29) is 11.8 Å². The van der Waals surface area contributed by atoms with Crippen molar-refractivity contribution in [2.45, 2.75) is 13.0 Å². The first-order valence-electron chi connectivity index (χ1n) is 6.17. The molecule has 0 N–H and O–H groups in total. The number of ether oxygens (including phenoxy) is 2.